The summed E-state index contributed by atoms with van der Waals surface area (Å²) in [6.45, 7) is 0. The Morgan fingerprint density at radius 3 is 2.48 bits per heavy atom. The third-order valence-corrected chi connectivity index (χ3v) is 3.49. The van der Waals surface area contributed by atoms with Crippen LogP contribution in [0.4, 0.5) is 10.1 Å². The van der Waals surface area contributed by atoms with E-state index in [1.165, 1.54) is 30.3 Å². The molecule has 0 spiro atoms. The van der Waals surface area contributed by atoms with Gasteiger partial charge in [-0.15, -0.1) is 0 Å². The first-order valence-electron chi connectivity index (χ1n) is 6.63. The van der Waals surface area contributed by atoms with E-state index < -0.39 is 4.92 Å². The average molecular weight is 381 g/mol. The van der Waals surface area contributed by atoms with Crippen molar-refractivity contribution < 1.29 is 14.1 Å². The monoisotopic (exact) mass is 380 g/mol. The molecule has 0 fully saturated rings. The summed E-state index contributed by atoms with van der Waals surface area (Å²) in [6.07, 6.45) is 3.33. The summed E-state index contributed by atoms with van der Waals surface area (Å²) < 4.78 is 19.0. The summed E-state index contributed by atoms with van der Waals surface area (Å²) in [6, 6.07) is 8.47. The minimum atomic E-state index is -0.457. The number of nitro groups is 1. The Kier molecular flexibility index (Phi) is 5.33. The van der Waals surface area contributed by atoms with Crippen molar-refractivity contribution in [1.82, 2.24) is 4.90 Å². The van der Waals surface area contributed by atoms with Gasteiger partial charge in [-0.25, -0.2) is 4.39 Å². The fourth-order valence-corrected chi connectivity index (χ4v) is 2.20. The second-order valence-electron chi connectivity index (χ2n) is 4.93. The average Bonchev–Trinajstić information content (AvgIpc) is 2.49. The highest BCUT2D eigenvalue weighted by atomic mass is 79.9. The summed E-state index contributed by atoms with van der Waals surface area (Å²) in [5.74, 6) is 0.471. The molecule has 2 rings (SSSR count). The molecule has 0 saturated carbocycles. The van der Waals surface area contributed by atoms with Gasteiger partial charge in [-0.3, -0.25) is 10.1 Å². The Balaban J connectivity index is 2.41. The van der Waals surface area contributed by atoms with Crippen LogP contribution < -0.4 is 4.74 Å². The van der Waals surface area contributed by atoms with E-state index in [9.17, 15) is 14.5 Å². The van der Waals surface area contributed by atoms with Gasteiger partial charge in [0.15, 0.2) is 0 Å². The molecule has 0 atom stereocenters. The fourth-order valence-electron chi connectivity index (χ4n) is 1.79. The Bertz CT molecular complexity index is 746. The lowest BCUT2D eigenvalue weighted by Crippen LogP contribution is -2.00. The molecule has 2 aromatic rings. The summed E-state index contributed by atoms with van der Waals surface area (Å²) >= 11 is 3.26. The van der Waals surface area contributed by atoms with Crippen LogP contribution in [-0.4, -0.2) is 23.9 Å². The van der Waals surface area contributed by atoms with Crippen LogP contribution >= 0.6 is 15.9 Å². The number of halogens is 2. The lowest BCUT2D eigenvalue weighted by atomic mass is 10.1. The fraction of sp³-hybridized carbons (Fsp3) is 0.125. The second kappa shape index (κ2) is 7.23. The molecule has 0 saturated heterocycles. The predicted octanol–water partition coefficient (Wildman–Crippen LogP) is 4.82. The van der Waals surface area contributed by atoms with Crippen LogP contribution in [0, 0.1) is 15.9 Å². The number of hydrogen-bond donors (Lipinski definition) is 0. The smallest absolute Gasteiger partial charge is 0.278 e. The first-order valence-corrected chi connectivity index (χ1v) is 7.42. The lowest BCUT2D eigenvalue weighted by Gasteiger charge is -2.10. The number of nitrogens with zero attached hydrogens (tertiary/aromatic N) is 2. The molecule has 0 aromatic heterocycles. The normalized spacial score (nSPS) is 10.8. The van der Waals surface area contributed by atoms with Gasteiger partial charge in [0.25, 0.3) is 5.69 Å². The van der Waals surface area contributed by atoms with Gasteiger partial charge in [0.2, 0.25) is 0 Å². The molecular formula is C16H14BrFN2O3. The largest absolute Gasteiger partial charge is 0.456 e. The van der Waals surface area contributed by atoms with Crippen molar-refractivity contribution in [1.29, 1.82) is 0 Å². The Morgan fingerprint density at radius 2 is 1.91 bits per heavy atom. The topological polar surface area (TPSA) is 55.6 Å². The summed E-state index contributed by atoms with van der Waals surface area (Å²) in [5.41, 5.74) is 0.366. The minimum Gasteiger partial charge on any atom is -0.456 e. The zero-order valence-electron chi connectivity index (χ0n) is 12.5. The number of benzene rings is 2. The highest BCUT2D eigenvalue weighted by molar-refractivity contribution is 9.10. The molecular weight excluding hydrogens is 367 g/mol. The molecule has 0 aliphatic heterocycles. The maximum Gasteiger partial charge on any atom is 0.278 e. The number of rotatable bonds is 5. The molecule has 0 aliphatic rings. The van der Waals surface area contributed by atoms with Gasteiger partial charge < -0.3 is 9.64 Å². The quantitative estimate of drug-likeness (QED) is 0.551. The van der Waals surface area contributed by atoms with Crippen LogP contribution in [0.15, 0.2) is 47.1 Å². The van der Waals surface area contributed by atoms with Crippen LogP contribution in [0.3, 0.4) is 0 Å². The second-order valence-corrected chi connectivity index (χ2v) is 5.79. The van der Waals surface area contributed by atoms with Crippen LogP contribution in [0.25, 0.3) is 6.08 Å². The van der Waals surface area contributed by atoms with E-state index >= 15 is 0 Å². The Labute approximate surface area is 141 Å². The zero-order valence-corrected chi connectivity index (χ0v) is 14.1. The molecule has 0 radical (unpaired) electrons. The van der Waals surface area contributed by atoms with Crippen LogP contribution in [-0.2, 0) is 0 Å². The summed E-state index contributed by atoms with van der Waals surface area (Å²) in [5, 5.41) is 11.2. The molecule has 0 N–H and O–H groups in total. The van der Waals surface area contributed by atoms with Gasteiger partial charge in [0, 0.05) is 20.2 Å². The van der Waals surface area contributed by atoms with E-state index in [0.717, 1.165) is 0 Å². The third-order valence-electron chi connectivity index (χ3n) is 2.87. The van der Waals surface area contributed by atoms with Crippen molar-refractivity contribution >= 4 is 27.7 Å². The van der Waals surface area contributed by atoms with Gasteiger partial charge in [-0.2, -0.15) is 0 Å². The van der Waals surface area contributed by atoms with Crippen molar-refractivity contribution in [2.45, 2.75) is 0 Å². The summed E-state index contributed by atoms with van der Waals surface area (Å²) in [4.78, 5) is 12.5. The van der Waals surface area contributed by atoms with E-state index in [1.54, 1.807) is 23.2 Å². The molecule has 2 aromatic carbocycles. The predicted molar refractivity (Wildman–Crippen MR) is 90.0 cm³/mol. The molecule has 23 heavy (non-hydrogen) atoms. The number of ether oxygens (including phenoxy) is 1. The van der Waals surface area contributed by atoms with Crippen molar-refractivity contribution in [3.63, 3.8) is 0 Å². The maximum absolute atomic E-state index is 12.9. The minimum absolute atomic E-state index is 0.0403. The molecule has 0 unspecified atom stereocenters. The molecule has 7 heteroatoms. The van der Waals surface area contributed by atoms with E-state index in [0.29, 0.717) is 21.5 Å². The van der Waals surface area contributed by atoms with Crippen LogP contribution in [0.2, 0.25) is 0 Å². The van der Waals surface area contributed by atoms with E-state index in [-0.39, 0.29) is 11.5 Å². The molecule has 0 heterocycles. The Morgan fingerprint density at radius 1 is 1.26 bits per heavy atom. The standard InChI is InChI=1S/C16H14BrFN2O3/c1-19(2)8-7-11-9-16(14(17)10-15(11)20(21)22)23-13-5-3-12(18)4-6-13/h3-10H,1-2H3/b8-7+. The molecule has 0 aliphatic carbocycles. The number of nitro benzene ring substituents is 1. The van der Waals surface area contributed by atoms with E-state index in [1.807, 2.05) is 14.1 Å². The summed E-state index contributed by atoms with van der Waals surface area (Å²) in [7, 11) is 3.63. The van der Waals surface area contributed by atoms with Crippen molar-refractivity contribution in [2.24, 2.45) is 0 Å². The Hall–Kier alpha value is -2.41. The van der Waals surface area contributed by atoms with Gasteiger partial charge in [-0.1, -0.05) is 0 Å². The maximum atomic E-state index is 12.9. The van der Waals surface area contributed by atoms with Crippen molar-refractivity contribution in [3.05, 3.63) is 68.6 Å². The molecule has 0 amide bonds. The van der Waals surface area contributed by atoms with Gasteiger partial charge in [-0.05, 0) is 58.5 Å². The van der Waals surface area contributed by atoms with Gasteiger partial charge in [0.1, 0.15) is 17.3 Å². The SMILES string of the molecule is CN(C)/C=C/c1cc(Oc2ccc(F)cc2)c(Br)cc1[N+](=O)[O-]. The molecule has 0 bridgehead atoms. The van der Waals surface area contributed by atoms with Crippen LogP contribution in [0.1, 0.15) is 5.56 Å². The van der Waals surface area contributed by atoms with Crippen molar-refractivity contribution in [2.75, 3.05) is 14.1 Å². The van der Waals surface area contributed by atoms with Crippen LogP contribution in [0.5, 0.6) is 11.5 Å². The molecule has 5 nitrogen and oxygen atoms in total. The molecule has 120 valence electrons. The first-order chi connectivity index (χ1) is 10.9. The highest BCUT2D eigenvalue weighted by Gasteiger charge is 2.17. The van der Waals surface area contributed by atoms with E-state index in [2.05, 4.69) is 15.9 Å². The number of hydrogen-bond acceptors (Lipinski definition) is 4. The highest BCUT2D eigenvalue weighted by Crippen LogP contribution is 2.36. The van der Waals surface area contributed by atoms with Crippen molar-refractivity contribution in [3.8, 4) is 11.5 Å². The zero-order chi connectivity index (χ0) is 17.0. The van der Waals surface area contributed by atoms with Gasteiger partial charge in [0.05, 0.1) is 15.0 Å². The third kappa shape index (κ3) is 4.53. The first kappa shape index (κ1) is 17.0. The lowest BCUT2D eigenvalue weighted by molar-refractivity contribution is -0.385. The van der Waals surface area contributed by atoms with E-state index in [4.69, 9.17) is 4.74 Å². The van der Waals surface area contributed by atoms with Gasteiger partial charge >= 0.3 is 0 Å².